The maximum Gasteiger partial charge on any atom is 0.0409 e. The molecule has 138 valence electrons. The summed E-state index contributed by atoms with van der Waals surface area (Å²) in [5.41, 5.74) is 13.4. The van der Waals surface area contributed by atoms with Crippen LogP contribution >= 0.6 is 0 Å². The zero-order chi connectivity index (χ0) is 19.3. The summed E-state index contributed by atoms with van der Waals surface area (Å²) < 4.78 is 0. The molecule has 0 unspecified atom stereocenters. The zero-order valence-corrected chi connectivity index (χ0v) is 15.8. The summed E-state index contributed by atoms with van der Waals surface area (Å²) in [5.74, 6) is 0. The van der Waals surface area contributed by atoms with E-state index in [1.54, 1.807) is 0 Å². The molecule has 0 aromatic heterocycles. The van der Waals surface area contributed by atoms with Crippen LogP contribution in [-0.4, -0.2) is 7.05 Å². The predicted octanol–water partition coefficient (Wildman–Crippen LogP) is 6.45. The van der Waals surface area contributed by atoms with Gasteiger partial charge in [-0.25, -0.2) is 0 Å². The van der Waals surface area contributed by atoms with E-state index >= 15 is 0 Å². The number of nitrogens with zero attached hydrogens (tertiary/aromatic N) is 1. The van der Waals surface area contributed by atoms with Gasteiger partial charge in [0.25, 0.3) is 0 Å². The Kier molecular flexibility index (Phi) is 4.98. The van der Waals surface area contributed by atoms with E-state index in [2.05, 4.69) is 77.9 Å². The molecule has 0 amide bonds. The van der Waals surface area contributed by atoms with Crippen molar-refractivity contribution in [3.8, 4) is 11.1 Å². The molecule has 0 fully saturated rings. The van der Waals surface area contributed by atoms with Gasteiger partial charge < -0.3 is 16.0 Å². The average Bonchev–Trinajstić information content (AvgIpc) is 2.75. The number of anilines is 5. The van der Waals surface area contributed by atoms with Gasteiger partial charge >= 0.3 is 0 Å². The predicted molar refractivity (Wildman–Crippen MR) is 121 cm³/mol. The Morgan fingerprint density at radius 1 is 0.571 bits per heavy atom. The number of nitrogens with two attached hydrogens (primary N) is 1. The monoisotopic (exact) mass is 365 g/mol. The smallest absolute Gasteiger partial charge is 0.0409 e. The number of benzene rings is 4. The molecule has 3 heteroatoms. The second kappa shape index (κ2) is 7.89. The van der Waals surface area contributed by atoms with Crippen molar-refractivity contribution in [3.05, 3.63) is 103 Å². The molecule has 4 rings (SSSR count). The van der Waals surface area contributed by atoms with Crippen molar-refractivity contribution in [2.45, 2.75) is 0 Å². The van der Waals surface area contributed by atoms with E-state index in [1.165, 1.54) is 11.1 Å². The topological polar surface area (TPSA) is 41.3 Å². The van der Waals surface area contributed by atoms with Crippen molar-refractivity contribution in [1.82, 2.24) is 0 Å². The number of nitrogens with one attached hydrogen (secondary N) is 1. The van der Waals surface area contributed by atoms with Crippen molar-refractivity contribution >= 4 is 28.4 Å². The number of rotatable bonds is 5. The van der Waals surface area contributed by atoms with Gasteiger partial charge in [-0.3, -0.25) is 0 Å². The van der Waals surface area contributed by atoms with Gasteiger partial charge in [0.1, 0.15) is 0 Å². The zero-order valence-electron chi connectivity index (χ0n) is 15.8. The molecule has 0 aliphatic rings. The second-order valence-electron chi connectivity index (χ2n) is 6.77. The molecule has 0 atom stereocenters. The Balaban J connectivity index is 1.48. The van der Waals surface area contributed by atoms with E-state index < -0.39 is 0 Å². The Bertz CT molecular complexity index is 1020. The van der Waals surface area contributed by atoms with E-state index in [1.807, 2.05) is 42.5 Å². The maximum atomic E-state index is 5.78. The largest absolute Gasteiger partial charge is 0.399 e. The minimum atomic E-state index is 0.776. The van der Waals surface area contributed by atoms with Crippen LogP contribution in [0.3, 0.4) is 0 Å². The fourth-order valence-corrected chi connectivity index (χ4v) is 3.16. The van der Waals surface area contributed by atoms with Crippen LogP contribution in [0.5, 0.6) is 0 Å². The van der Waals surface area contributed by atoms with Crippen LogP contribution < -0.4 is 16.0 Å². The van der Waals surface area contributed by atoms with Crippen LogP contribution in [0.25, 0.3) is 11.1 Å². The van der Waals surface area contributed by atoms with E-state index in [0.717, 1.165) is 28.4 Å². The van der Waals surface area contributed by atoms with E-state index in [-0.39, 0.29) is 0 Å². The molecule has 28 heavy (non-hydrogen) atoms. The first-order valence-corrected chi connectivity index (χ1v) is 9.31. The lowest BCUT2D eigenvalue weighted by Gasteiger charge is -2.20. The van der Waals surface area contributed by atoms with Gasteiger partial charge in [0.05, 0.1) is 0 Å². The fourth-order valence-electron chi connectivity index (χ4n) is 3.16. The lowest BCUT2D eigenvalue weighted by atomic mass is 10.0. The first-order chi connectivity index (χ1) is 13.7. The standard InChI is InChI=1S/C25H23N3/c1-28(25-17-11-21(26)12-18-25)24-15-9-20(10-16-24)19-7-13-23(14-8-19)27-22-5-3-2-4-6-22/h2-18,27H,26H2,1H3. The van der Waals surface area contributed by atoms with Gasteiger partial charge in [-0.2, -0.15) is 0 Å². The van der Waals surface area contributed by atoms with Crippen LogP contribution in [0.15, 0.2) is 103 Å². The number of para-hydroxylation sites is 1. The number of hydrogen-bond donors (Lipinski definition) is 2. The SMILES string of the molecule is CN(c1ccc(N)cc1)c1ccc(-c2ccc(Nc3ccccc3)cc2)cc1. The third-order valence-corrected chi connectivity index (χ3v) is 4.82. The summed E-state index contributed by atoms with van der Waals surface area (Å²) >= 11 is 0. The van der Waals surface area contributed by atoms with Crippen molar-refractivity contribution in [1.29, 1.82) is 0 Å². The van der Waals surface area contributed by atoms with Crippen LogP contribution in [0.2, 0.25) is 0 Å². The maximum absolute atomic E-state index is 5.78. The molecule has 0 aliphatic heterocycles. The van der Waals surface area contributed by atoms with E-state index in [9.17, 15) is 0 Å². The summed E-state index contributed by atoms with van der Waals surface area (Å²) in [4.78, 5) is 2.15. The highest BCUT2D eigenvalue weighted by Crippen LogP contribution is 2.28. The molecule has 0 saturated heterocycles. The molecule has 3 N–H and O–H groups in total. The number of nitrogen functional groups attached to an aromatic ring is 1. The first kappa shape index (κ1) is 17.7. The van der Waals surface area contributed by atoms with Gasteiger partial charge in [-0.15, -0.1) is 0 Å². The minimum Gasteiger partial charge on any atom is -0.399 e. The minimum absolute atomic E-state index is 0.776. The molecule has 4 aromatic carbocycles. The Hall–Kier alpha value is -3.72. The molecule has 0 bridgehead atoms. The number of hydrogen-bond acceptors (Lipinski definition) is 3. The molecule has 0 aliphatic carbocycles. The molecule has 0 heterocycles. The molecule has 0 spiro atoms. The third kappa shape index (κ3) is 3.99. The van der Waals surface area contributed by atoms with Crippen molar-refractivity contribution in [2.24, 2.45) is 0 Å². The molecular weight excluding hydrogens is 342 g/mol. The summed E-state index contributed by atoms with van der Waals surface area (Å²) in [6.07, 6.45) is 0. The Labute approximate surface area is 166 Å². The first-order valence-electron chi connectivity index (χ1n) is 9.31. The van der Waals surface area contributed by atoms with E-state index in [0.29, 0.717) is 0 Å². The molecule has 0 radical (unpaired) electrons. The van der Waals surface area contributed by atoms with Crippen LogP contribution in [0.4, 0.5) is 28.4 Å². The molecule has 3 nitrogen and oxygen atoms in total. The highest BCUT2D eigenvalue weighted by molar-refractivity contribution is 5.72. The molecule has 0 saturated carbocycles. The highest BCUT2D eigenvalue weighted by Gasteiger charge is 2.05. The summed E-state index contributed by atoms with van der Waals surface area (Å²) in [7, 11) is 2.06. The van der Waals surface area contributed by atoms with Crippen LogP contribution in [0, 0.1) is 0 Å². The van der Waals surface area contributed by atoms with Crippen molar-refractivity contribution in [3.63, 3.8) is 0 Å². The summed E-state index contributed by atoms with van der Waals surface area (Å²) in [6.45, 7) is 0. The normalized spacial score (nSPS) is 10.5. The van der Waals surface area contributed by atoms with Crippen LogP contribution in [-0.2, 0) is 0 Å². The quantitative estimate of drug-likeness (QED) is 0.399. The average molecular weight is 365 g/mol. The van der Waals surface area contributed by atoms with Crippen molar-refractivity contribution < 1.29 is 0 Å². The lowest BCUT2D eigenvalue weighted by molar-refractivity contribution is 1.21. The lowest BCUT2D eigenvalue weighted by Crippen LogP contribution is -2.09. The van der Waals surface area contributed by atoms with Gasteiger partial charge in [-0.05, 0) is 71.8 Å². The second-order valence-corrected chi connectivity index (χ2v) is 6.77. The highest BCUT2D eigenvalue weighted by atomic mass is 15.1. The summed E-state index contributed by atoms with van der Waals surface area (Å²) in [5, 5.41) is 3.41. The third-order valence-electron chi connectivity index (χ3n) is 4.82. The Morgan fingerprint density at radius 2 is 1.04 bits per heavy atom. The summed E-state index contributed by atoms with van der Waals surface area (Å²) in [6, 6.07) is 35.2. The van der Waals surface area contributed by atoms with Gasteiger partial charge in [0.15, 0.2) is 0 Å². The van der Waals surface area contributed by atoms with Gasteiger partial charge in [0.2, 0.25) is 0 Å². The molecule has 4 aromatic rings. The Morgan fingerprint density at radius 3 is 1.61 bits per heavy atom. The van der Waals surface area contributed by atoms with Gasteiger partial charge in [0, 0.05) is 35.5 Å². The van der Waals surface area contributed by atoms with Gasteiger partial charge in [-0.1, -0.05) is 42.5 Å². The molecular formula is C25H23N3. The fraction of sp³-hybridized carbons (Fsp3) is 0.0400. The van der Waals surface area contributed by atoms with Crippen LogP contribution in [0.1, 0.15) is 0 Å². The van der Waals surface area contributed by atoms with Crippen molar-refractivity contribution in [2.75, 3.05) is 23.0 Å². The van der Waals surface area contributed by atoms with E-state index in [4.69, 9.17) is 5.73 Å².